The van der Waals surface area contributed by atoms with E-state index in [0.29, 0.717) is 23.0 Å². The predicted molar refractivity (Wildman–Crippen MR) is 90.3 cm³/mol. The summed E-state index contributed by atoms with van der Waals surface area (Å²) in [6.07, 6.45) is 6.51. The standard InChI is InChI=1S/C19H22O3/c1-13(2)7-6-8-14(3)11-12-16-18(20)15-9-4-5-10-17(15)22-19(16)21/h4-5,7,9-11,20H,6,8,12H2,1-3H3. The fourth-order valence-corrected chi connectivity index (χ4v) is 2.32. The van der Waals surface area contributed by atoms with E-state index in [0.717, 1.165) is 12.8 Å². The number of para-hydroxylation sites is 1. The third kappa shape index (κ3) is 3.88. The summed E-state index contributed by atoms with van der Waals surface area (Å²) in [5.41, 5.74) is 2.77. The molecule has 0 fully saturated rings. The molecule has 22 heavy (non-hydrogen) atoms. The van der Waals surface area contributed by atoms with Gasteiger partial charge in [0.05, 0.1) is 10.9 Å². The van der Waals surface area contributed by atoms with Crippen molar-refractivity contribution in [1.82, 2.24) is 0 Å². The lowest BCUT2D eigenvalue weighted by Crippen LogP contribution is -2.07. The zero-order chi connectivity index (χ0) is 16.1. The molecule has 2 rings (SSSR count). The van der Waals surface area contributed by atoms with E-state index >= 15 is 0 Å². The van der Waals surface area contributed by atoms with E-state index in [1.807, 2.05) is 19.1 Å². The topological polar surface area (TPSA) is 50.4 Å². The molecule has 0 aliphatic rings. The van der Waals surface area contributed by atoms with Gasteiger partial charge in [0.2, 0.25) is 0 Å². The fourth-order valence-electron chi connectivity index (χ4n) is 2.32. The first kappa shape index (κ1) is 16.1. The first-order valence-electron chi connectivity index (χ1n) is 7.51. The van der Waals surface area contributed by atoms with Crippen molar-refractivity contribution in [2.45, 2.75) is 40.0 Å². The number of benzene rings is 1. The van der Waals surface area contributed by atoms with Gasteiger partial charge in [-0.2, -0.15) is 0 Å². The van der Waals surface area contributed by atoms with Crippen LogP contribution in [0.15, 0.2) is 56.8 Å². The maximum Gasteiger partial charge on any atom is 0.343 e. The maximum atomic E-state index is 12.0. The lowest BCUT2D eigenvalue weighted by molar-refractivity contribution is 0.459. The molecule has 1 N–H and O–H groups in total. The molecule has 0 aliphatic carbocycles. The van der Waals surface area contributed by atoms with Crippen LogP contribution in [0.4, 0.5) is 0 Å². The molecular formula is C19H22O3. The van der Waals surface area contributed by atoms with Crippen molar-refractivity contribution in [1.29, 1.82) is 0 Å². The van der Waals surface area contributed by atoms with Gasteiger partial charge in [-0.3, -0.25) is 0 Å². The molecule has 0 spiro atoms. The summed E-state index contributed by atoms with van der Waals surface area (Å²) in [7, 11) is 0. The second kappa shape index (κ2) is 7.12. The molecular weight excluding hydrogens is 276 g/mol. The Labute approximate surface area is 130 Å². The first-order chi connectivity index (χ1) is 10.5. The Hall–Kier alpha value is -2.29. The van der Waals surface area contributed by atoms with Gasteiger partial charge in [-0.05, 0) is 45.7 Å². The quantitative estimate of drug-likeness (QED) is 0.641. The van der Waals surface area contributed by atoms with Gasteiger partial charge >= 0.3 is 5.63 Å². The summed E-state index contributed by atoms with van der Waals surface area (Å²) in [4.78, 5) is 12.0. The molecule has 2 aromatic rings. The number of allylic oxidation sites excluding steroid dienone is 4. The van der Waals surface area contributed by atoms with Crippen molar-refractivity contribution in [3.63, 3.8) is 0 Å². The third-order valence-electron chi connectivity index (χ3n) is 3.62. The molecule has 0 unspecified atom stereocenters. The highest BCUT2D eigenvalue weighted by Gasteiger charge is 2.12. The largest absolute Gasteiger partial charge is 0.507 e. The third-order valence-corrected chi connectivity index (χ3v) is 3.62. The highest BCUT2D eigenvalue weighted by Crippen LogP contribution is 2.26. The highest BCUT2D eigenvalue weighted by molar-refractivity contribution is 5.83. The summed E-state index contributed by atoms with van der Waals surface area (Å²) >= 11 is 0. The Morgan fingerprint density at radius 1 is 1.18 bits per heavy atom. The minimum atomic E-state index is -0.468. The van der Waals surface area contributed by atoms with E-state index in [1.54, 1.807) is 18.2 Å². The Morgan fingerprint density at radius 3 is 2.64 bits per heavy atom. The van der Waals surface area contributed by atoms with Crippen molar-refractivity contribution in [2.24, 2.45) is 0 Å². The zero-order valence-electron chi connectivity index (χ0n) is 13.3. The maximum absolute atomic E-state index is 12.0. The molecule has 1 aromatic carbocycles. The Morgan fingerprint density at radius 2 is 1.91 bits per heavy atom. The lowest BCUT2D eigenvalue weighted by Gasteiger charge is -2.05. The molecule has 3 nitrogen and oxygen atoms in total. The van der Waals surface area contributed by atoms with Gasteiger partial charge in [0.1, 0.15) is 11.3 Å². The minimum Gasteiger partial charge on any atom is -0.507 e. The normalized spacial score (nSPS) is 11.7. The van der Waals surface area contributed by atoms with Crippen LogP contribution in [0, 0.1) is 0 Å². The van der Waals surface area contributed by atoms with Crippen LogP contribution in [0.25, 0.3) is 11.0 Å². The Balaban J connectivity index is 2.21. The lowest BCUT2D eigenvalue weighted by atomic mass is 10.1. The monoisotopic (exact) mass is 298 g/mol. The molecule has 0 aliphatic heterocycles. The van der Waals surface area contributed by atoms with Crippen LogP contribution in [0.3, 0.4) is 0 Å². The number of aromatic hydroxyl groups is 1. The zero-order valence-corrected chi connectivity index (χ0v) is 13.3. The van der Waals surface area contributed by atoms with Crippen LogP contribution in [0.2, 0.25) is 0 Å². The van der Waals surface area contributed by atoms with Crippen LogP contribution < -0.4 is 5.63 Å². The van der Waals surface area contributed by atoms with Gasteiger partial charge in [-0.25, -0.2) is 4.79 Å². The van der Waals surface area contributed by atoms with Crippen molar-refractivity contribution in [3.8, 4) is 5.75 Å². The summed E-state index contributed by atoms with van der Waals surface area (Å²) in [5.74, 6) is 0.0280. The van der Waals surface area contributed by atoms with E-state index in [-0.39, 0.29) is 5.75 Å². The van der Waals surface area contributed by atoms with Crippen LogP contribution in [-0.2, 0) is 6.42 Å². The van der Waals surface area contributed by atoms with E-state index in [2.05, 4.69) is 19.9 Å². The van der Waals surface area contributed by atoms with E-state index in [4.69, 9.17) is 4.42 Å². The van der Waals surface area contributed by atoms with Crippen LogP contribution in [-0.4, -0.2) is 5.11 Å². The number of rotatable bonds is 5. The highest BCUT2D eigenvalue weighted by atomic mass is 16.4. The van der Waals surface area contributed by atoms with Crippen molar-refractivity contribution < 1.29 is 9.52 Å². The molecule has 0 amide bonds. The van der Waals surface area contributed by atoms with Crippen LogP contribution >= 0.6 is 0 Å². The van der Waals surface area contributed by atoms with Crippen molar-refractivity contribution in [3.05, 3.63) is 63.5 Å². The molecule has 0 atom stereocenters. The SMILES string of the molecule is CC(C)=CCCC(C)=CCc1c(O)c2ccccc2oc1=O. The van der Waals surface area contributed by atoms with E-state index in [1.165, 1.54) is 11.1 Å². The fraction of sp³-hybridized carbons (Fsp3) is 0.316. The van der Waals surface area contributed by atoms with Crippen molar-refractivity contribution >= 4 is 11.0 Å². The molecule has 1 aromatic heterocycles. The predicted octanol–water partition coefficient (Wildman–Crippen LogP) is 4.73. The smallest absolute Gasteiger partial charge is 0.343 e. The number of fused-ring (bicyclic) bond motifs is 1. The Kier molecular flexibility index (Phi) is 5.21. The van der Waals surface area contributed by atoms with Gasteiger partial charge in [-0.1, -0.05) is 35.4 Å². The molecule has 116 valence electrons. The average Bonchev–Trinajstić information content (AvgIpc) is 2.46. The number of hydrogen-bond donors (Lipinski definition) is 1. The summed E-state index contributed by atoms with van der Waals surface area (Å²) in [6, 6.07) is 7.02. The Bertz CT molecular complexity index is 775. The summed E-state index contributed by atoms with van der Waals surface area (Å²) < 4.78 is 5.26. The molecule has 3 heteroatoms. The summed E-state index contributed by atoms with van der Waals surface area (Å²) in [6.45, 7) is 6.20. The summed E-state index contributed by atoms with van der Waals surface area (Å²) in [5, 5.41) is 10.9. The molecule has 0 bridgehead atoms. The average molecular weight is 298 g/mol. The minimum absolute atomic E-state index is 0.0280. The van der Waals surface area contributed by atoms with Gasteiger partial charge in [0.25, 0.3) is 0 Å². The second-order valence-electron chi connectivity index (χ2n) is 5.79. The van der Waals surface area contributed by atoms with Crippen molar-refractivity contribution in [2.75, 3.05) is 0 Å². The van der Waals surface area contributed by atoms with Crippen LogP contribution in [0.5, 0.6) is 5.75 Å². The molecule has 1 heterocycles. The molecule has 0 radical (unpaired) electrons. The number of hydrogen-bond acceptors (Lipinski definition) is 3. The first-order valence-corrected chi connectivity index (χ1v) is 7.51. The van der Waals surface area contributed by atoms with E-state index in [9.17, 15) is 9.90 Å². The molecule has 0 saturated carbocycles. The van der Waals surface area contributed by atoms with E-state index < -0.39 is 5.63 Å². The molecule has 0 saturated heterocycles. The second-order valence-corrected chi connectivity index (χ2v) is 5.79. The van der Waals surface area contributed by atoms with Gasteiger partial charge in [-0.15, -0.1) is 0 Å². The van der Waals surface area contributed by atoms with Crippen LogP contribution in [0.1, 0.15) is 39.2 Å². The van der Waals surface area contributed by atoms with Gasteiger partial charge in [0, 0.05) is 6.42 Å². The van der Waals surface area contributed by atoms with Gasteiger partial charge in [0.15, 0.2) is 0 Å². The van der Waals surface area contributed by atoms with Gasteiger partial charge < -0.3 is 9.52 Å².